The van der Waals surface area contributed by atoms with Crippen molar-refractivity contribution in [2.24, 2.45) is 0 Å². The molecule has 0 saturated carbocycles. The molecule has 0 N–H and O–H groups in total. The number of hydrogen-bond acceptors (Lipinski definition) is 5. The summed E-state index contributed by atoms with van der Waals surface area (Å²) in [6.07, 6.45) is 3.68. The monoisotopic (exact) mass is 302 g/mol. The van der Waals surface area contributed by atoms with Gasteiger partial charge in [-0.3, -0.25) is 14.5 Å². The second-order valence-electron chi connectivity index (χ2n) is 5.92. The molecular formula is C16H18N2O4. The van der Waals surface area contributed by atoms with Gasteiger partial charge in [0, 0.05) is 6.07 Å². The molecule has 22 heavy (non-hydrogen) atoms. The van der Waals surface area contributed by atoms with Gasteiger partial charge in [-0.2, -0.15) is 0 Å². The first-order valence-electron chi connectivity index (χ1n) is 7.74. The molecule has 1 atom stereocenters. The van der Waals surface area contributed by atoms with Crippen molar-refractivity contribution >= 4 is 17.5 Å². The minimum atomic E-state index is -0.307. The summed E-state index contributed by atoms with van der Waals surface area (Å²) in [6, 6.07) is 4.88. The van der Waals surface area contributed by atoms with Gasteiger partial charge < -0.3 is 9.47 Å². The third-order valence-electron chi connectivity index (χ3n) is 4.57. The molecule has 3 aliphatic heterocycles. The van der Waals surface area contributed by atoms with E-state index in [-0.39, 0.29) is 31.1 Å². The number of fused-ring (bicyclic) bond motifs is 1. The van der Waals surface area contributed by atoms with Gasteiger partial charge in [-0.05, 0) is 38.1 Å². The first-order chi connectivity index (χ1) is 10.7. The number of anilines is 1. The van der Waals surface area contributed by atoms with E-state index in [4.69, 9.17) is 9.47 Å². The van der Waals surface area contributed by atoms with Crippen LogP contribution in [0.4, 0.5) is 5.69 Å². The van der Waals surface area contributed by atoms with Crippen molar-refractivity contribution in [3.05, 3.63) is 18.2 Å². The summed E-state index contributed by atoms with van der Waals surface area (Å²) in [5, 5.41) is 0. The summed E-state index contributed by atoms with van der Waals surface area (Å²) in [6.45, 7) is 1.98. The number of likely N-dealkylation sites (tertiary alicyclic amines) is 1. The summed E-state index contributed by atoms with van der Waals surface area (Å²) in [4.78, 5) is 28.5. The second kappa shape index (κ2) is 5.28. The first kappa shape index (κ1) is 13.6. The van der Waals surface area contributed by atoms with E-state index >= 15 is 0 Å². The van der Waals surface area contributed by atoms with Crippen LogP contribution in [-0.4, -0.2) is 42.6 Å². The number of piperidine rings is 1. The number of rotatable bonds is 2. The number of benzene rings is 1. The molecule has 116 valence electrons. The Kier molecular flexibility index (Phi) is 3.26. The summed E-state index contributed by atoms with van der Waals surface area (Å²) in [5.41, 5.74) is 0.568. The minimum absolute atomic E-state index is 0.120. The molecule has 0 bridgehead atoms. The van der Waals surface area contributed by atoms with Crippen LogP contribution in [0.3, 0.4) is 0 Å². The lowest BCUT2D eigenvalue weighted by Crippen LogP contribution is -2.44. The molecule has 2 fully saturated rings. The van der Waals surface area contributed by atoms with Crippen molar-refractivity contribution in [3.63, 3.8) is 0 Å². The van der Waals surface area contributed by atoms with Crippen LogP contribution in [0, 0.1) is 0 Å². The molecule has 6 nitrogen and oxygen atoms in total. The first-order valence-corrected chi connectivity index (χ1v) is 7.74. The van der Waals surface area contributed by atoms with Gasteiger partial charge in [0.05, 0.1) is 18.2 Å². The summed E-state index contributed by atoms with van der Waals surface area (Å²) in [7, 11) is 0. The smallest absolute Gasteiger partial charge is 0.251 e. The van der Waals surface area contributed by atoms with Crippen LogP contribution in [0.1, 0.15) is 25.7 Å². The molecule has 2 amide bonds. The Morgan fingerprint density at radius 1 is 1.00 bits per heavy atom. The van der Waals surface area contributed by atoms with Crippen molar-refractivity contribution < 1.29 is 19.1 Å². The fraction of sp³-hybridized carbons (Fsp3) is 0.500. The number of hydrogen-bond donors (Lipinski definition) is 0. The van der Waals surface area contributed by atoms with Gasteiger partial charge in [0.25, 0.3) is 5.91 Å². The molecule has 0 aromatic heterocycles. The highest BCUT2D eigenvalue weighted by atomic mass is 16.7. The maximum absolute atomic E-state index is 12.7. The van der Waals surface area contributed by atoms with E-state index in [0.29, 0.717) is 17.2 Å². The maximum Gasteiger partial charge on any atom is 0.251 e. The Balaban J connectivity index is 1.59. The summed E-state index contributed by atoms with van der Waals surface area (Å²) >= 11 is 0. The molecule has 6 heteroatoms. The van der Waals surface area contributed by atoms with Gasteiger partial charge in [-0.1, -0.05) is 6.42 Å². The number of imide groups is 1. The van der Waals surface area contributed by atoms with E-state index < -0.39 is 0 Å². The average Bonchev–Trinajstić information content (AvgIpc) is 3.12. The zero-order chi connectivity index (χ0) is 15.1. The van der Waals surface area contributed by atoms with Crippen LogP contribution in [0.5, 0.6) is 11.5 Å². The van der Waals surface area contributed by atoms with E-state index in [0.717, 1.165) is 25.9 Å². The number of amides is 2. The van der Waals surface area contributed by atoms with Crippen LogP contribution in [0.2, 0.25) is 0 Å². The zero-order valence-electron chi connectivity index (χ0n) is 12.3. The normalized spacial score (nSPS) is 25.1. The highest BCUT2D eigenvalue weighted by molar-refractivity contribution is 6.22. The Labute approximate surface area is 128 Å². The van der Waals surface area contributed by atoms with Crippen molar-refractivity contribution in [1.82, 2.24) is 4.90 Å². The fourth-order valence-corrected chi connectivity index (χ4v) is 3.43. The van der Waals surface area contributed by atoms with Crippen LogP contribution in [0.15, 0.2) is 18.2 Å². The largest absolute Gasteiger partial charge is 0.454 e. The van der Waals surface area contributed by atoms with E-state index in [2.05, 4.69) is 4.90 Å². The Morgan fingerprint density at radius 2 is 1.77 bits per heavy atom. The van der Waals surface area contributed by atoms with Crippen LogP contribution >= 0.6 is 0 Å². The molecule has 0 spiro atoms. The van der Waals surface area contributed by atoms with Gasteiger partial charge in [0.1, 0.15) is 0 Å². The molecule has 3 heterocycles. The highest BCUT2D eigenvalue weighted by Crippen LogP contribution is 2.37. The molecule has 0 radical (unpaired) electrons. The van der Waals surface area contributed by atoms with Gasteiger partial charge >= 0.3 is 0 Å². The third kappa shape index (κ3) is 2.14. The number of ether oxygens (including phenoxy) is 2. The molecule has 0 aliphatic carbocycles. The van der Waals surface area contributed by atoms with E-state index in [1.54, 1.807) is 18.2 Å². The van der Waals surface area contributed by atoms with Crippen molar-refractivity contribution in [1.29, 1.82) is 0 Å². The Morgan fingerprint density at radius 3 is 2.59 bits per heavy atom. The number of nitrogens with zero attached hydrogens (tertiary/aromatic N) is 2. The Hall–Kier alpha value is -2.08. The van der Waals surface area contributed by atoms with Crippen molar-refractivity contribution in [2.45, 2.75) is 31.7 Å². The molecular weight excluding hydrogens is 284 g/mol. The van der Waals surface area contributed by atoms with Crippen LogP contribution in [-0.2, 0) is 9.59 Å². The quantitative estimate of drug-likeness (QED) is 0.776. The number of carbonyl (C=O) groups excluding carboxylic acids is 2. The van der Waals surface area contributed by atoms with E-state index in [1.807, 2.05) is 0 Å². The lowest BCUT2D eigenvalue weighted by atomic mass is 10.1. The fourth-order valence-electron chi connectivity index (χ4n) is 3.43. The van der Waals surface area contributed by atoms with Crippen molar-refractivity contribution in [2.75, 3.05) is 24.8 Å². The van der Waals surface area contributed by atoms with Gasteiger partial charge in [-0.25, -0.2) is 4.90 Å². The lowest BCUT2D eigenvalue weighted by Gasteiger charge is -2.30. The molecule has 4 rings (SSSR count). The predicted molar refractivity (Wildman–Crippen MR) is 78.9 cm³/mol. The van der Waals surface area contributed by atoms with Crippen LogP contribution < -0.4 is 14.4 Å². The van der Waals surface area contributed by atoms with E-state index in [9.17, 15) is 9.59 Å². The minimum Gasteiger partial charge on any atom is -0.454 e. The SMILES string of the molecule is O=C1C[C@@H](N2CCCCC2)C(=O)N1c1ccc2c(c1)OCO2. The molecule has 2 saturated heterocycles. The van der Waals surface area contributed by atoms with E-state index in [1.165, 1.54) is 11.3 Å². The molecule has 0 unspecified atom stereocenters. The third-order valence-corrected chi connectivity index (χ3v) is 4.57. The van der Waals surface area contributed by atoms with Gasteiger partial charge in [0.2, 0.25) is 12.7 Å². The molecule has 1 aromatic rings. The molecule has 3 aliphatic rings. The van der Waals surface area contributed by atoms with Gasteiger partial charge in [0.15, 0.2) is 11.5 Å². The molecule has 1 aromatic carbocycles. The van der Waals surface area contributed by atoms with Crippen LogP contribution in [0.25, 0.3) is 0 Å². The van der Waals surface area contributed by atoms with Gasteiger partial charge in [-0.15, -0.1) is 0 Å². The Bertz CT molecular complexity index is 625. The summed E-state index contributed by atoms with van der Waals surface area (Å²) < 4.78 is 10.6. The lowest BCUT2D eigenvalue weighted by molar-refractivity contribution is -0.123. The maximum atomic E-state index is 12.7. The predicted octanol–water partition coefficient (Wildman–Crippen LogP) is 1.53. The summed E-state index contributed by atoms with van der Waals surface area (Å²) in [5.74, 6) is 0.972. The van der Waals surface area contributed by atoms with Crippen molar-refractivity contribution in [3.8, 4) is 11.5 Å². The average molecular weight is 302 g/mol. The standard InChI is InChI=1S/C16H18N2O4/c19-15-9-12(17-6-2-1-3-7-17)16(20)18(15)11-4-5-13-14(8-11)22-10-21-13/h4-5,8,12H,1-3,6-7,9-10H2/t12-/m1/s1. The number of carbonyl (C=O) groups is 2. The highest BCUT2D eigenvalue weighted by Gasteiger charge is 2.43. The topological polar surface area (TPSA) is 59.1 Å². The second-order valence-corrected chi connectivity index (χ2v) is 5.92. The zero-order valence-corrected chi connectivity index (χ0v) is 12.3.